The molecule has 0 radical (unpaired) electrons. The number of amides is 1. The molecule has 0 aliphatic heterocycles. The predicted molar refractivity (Wildman–Crippen MR) is 100 cm³/mol. The standard InChI is InChI=1S/C17H31N5O3S/c1-12-15(14(3)22(4)20-12)26(24,25)21-13(2)16(23)19-11-17(18)9-7-5-6-8-10-17/h13,21H,5-11,18H2,1-4H3,(H,19,23). The van der Waals surface area contributed by atoms with E-state index in [2.05, 4.69) is 15.1 Å². The second-order valence-corrected chi connectivity index (χ2v) is 9.11. The predicted octanol–water partition coefficient (Wildman–Crippen LogP) is 0.872. The molecule has 1 atom stereocenters. The summed E-state index contributed by atoms with van der Waals surface area (Å²) in [7, 11) is -2.15. The molecule has 1 amide bonds. The number of rotatable bonds is 6. The number of sulfonamides is 1. The van der Waals surface area contributed by atoms with E-state index >= 15 is 0 Å². The van der Waals surface area contributed by atoms with Crippen LogP contribution in [0.5, 0.6) is 0 Å². The van der Waals surface area contributed by atoms with Gasteiger partial charge in [0.05, 0.1) is 17.4 Å². The molecule has 1 aliphatic rings. The van der Waals surface area contributed by atoms with Gasteiger partial charge in [0.2, 0.25) is 15.9 Å². The maximum Gasteiger partial charge on any atom is 0.244 e. The Hall–Kier alpha value is -1.45. The number of carbonyl (C=O) groups excluding carboxylic acids is 1. The molecule has 1 unspecified atom stereocenters. The molecule has 26 heavy (non-hydrogen) atoms. The molecule has 2 rings (SSSR count). The Kier molecular flexibility index (Phi) is 6.46. The average Bonchev–Trinajstić information content (AvgIpc) is 2.71. The fraction of sp³-hybridized carbons (Fsp3) is 0.765. The number of carbonyl (C=O) groups is 1. The number of aromatic nitrogens is 2. The summed E-state index contributed by atoms with van der Waals surface area (Å²) in [5, 5.41) is 6.94. The van der Waals surface area contributed by atoms with Gasteiger partial charge in [0.15, 0.2) is 0 Å². The number of hydrogen-bond acceptors (Lipinski definition) is 5. The number of nitrogens with zero attached hydrogens (tertiary/aromatic N) is 2. The molecule has 1 saturated carbocycles. The summed E-state index contributed by atoms with van der Waals surface area (Å²) in [6.07, 6.45) is 6.23. The number of aryl methyl sites for hydroxylation is 2. The molecule has 0 saturated heterocycles. The molecule has 0 bridgehead atoms. The third-order valence-electron chi connectivity index (χ3n) is 5.15. The molecular weight excluding hydrogens is 354 g/mol. The lowest BCUT2D eigenvalue weighted by atomic mass is 9.91. The molecule has 1 fully saturated rings. The van der Waals surface area contributed by atoms with Crippen molar-refractivity contribution in [2.45, 2.75) is 75.8 Å². The van der Waals surface area contributed by atoms with Crippen LogP contribution in [0.1, 0.15) is 56.8 Å². The average molecular weight is 386 g/mol. The van der Waals surface area contributed by atoms with E-state index in [9.17, 15) is 13.2 Å². The lowest BCUT2D eigenvalue weighted by molar-refractivity contribution is -0.122. The van der Waals surface area contributed by atoms with Crippen LogP contribution in [0.15, 0.2) is 4.90 Å². The topological polar surface area (TPSA) is 119 Å². The third kappa shape index (κ3) is 4.83. The maximum atomic E-state index is 12.6. The quantitative estimate of drug-likeness (QED) is 0.628. The maximum absolute atomic E-state index is 12.6. The SMILES string of the molecule is Cc1nn(C)c(C)c1S(=O)(=O)NC(C)C(=O)NCC1(N)CCCCCC1. The summed E-state index contributed by atoms with van der Waals surface area (Å²) in [4.78, 5) is 12.5. The normalized spacial score (nSPS) is 19.0. The Morgan fingerprint density at radius 1 is 1.27 bits per heavy atom. The minimum Gasteiger partial charge on any atom is -0.353 e. The second-order valence-electron chi connectivity index (χ2n) is 7.46. The minimum atomic E-state index is -3.83. The molecule has 1 aliphatic carbocycles. The first kappa shape index (κ1) is 20.9. The number of nitrogens with one attached hydrogen (secondary N) is 2. The molecule has 8 nitrogen and oxygen atoms in total. The van der Waals surface area contributed by atoms with Crippen LogP contribution >= 0.6 is 0 Å². The van der Waals surface area contributed by atoms with Crippen LogP contribution in [0.3, 0.4) is 0 Å². The van der Waals surface area contributed by atoms with Crippen molar-refractivity contribution in [1.29, 1.82) is 0 Å². The Morgan fingerprint density at radius 2 is 1.85 bits per heavy atom. The van der Waals surface area contributed by atoms with Crippen LogP contribution in [0.25, 0.3) is 0 Å². The summed E-state index contributed by atoms with van der Waals surface area (Å²) >= 11 is 0. The summed E-state index contributed by atoms with van der Waals surface area (Å²) in [5.74, 6) is -0.373. The second kappa shape index (κ2) is 8.06. The van der Waals surface area contributed by atoms with Gasteiger partial charge >= 0.3 is 0 Å². The minimum absolute atomic E-state index is 0.124. The summed E-state index contributed by atoms with van der Waals surface area (Å²) < 4.78 is 29.3. The van der Waals surface area contributed by atoms with Crippen molar-refractivity contribution in [2.75, 3.05) is 6.54 Å². The van der Waals surface area contributed by atoms with E-state index in [0.717, 1.165) is 25.7 Å². The van der Waals surface area contributed by atoms with Crippen molar-refractivity contribution in [3.05, 3.63) is 11.4 Å². The highest BCUT2D eigenvalue weighted by Crippen LogP contribution is 2.24. The molecule has 0 spiro atoms. The highest BCUT2D eigenvalue weighted by molar-refractivity contribution is 7.89. The van der Waals surface area contributed by atoms with E-state index in [1.807, 2.05) is 0 Å². The van der Waals surface area contributed by atoms with Gasteiger partial charge < -0.3 is 11.1 Å². The zero-order chi connectivity index (χ0) is 19.5. The van der Waals surface area contributed by atoms with Gasteiger partial charge in [-0.2, -0.15) is 9.82 Å². The van der Waals surface area contributed by atoms with Gasteiger partial charge in [0.25, 0.3) is 0 Å². The van der Waals surface area contributed by atoms with Crippen molar-refractivity contribution >= 4 is 15.9 Å². The molecule has 1 aromatic heterocycles. The summed E-state index contributed by atoms with van der Waals surface area (Å²) in [6.45, 7) is 5.22. The van der Waals surface area contributed by atoms with Gasteiger partial charge in [-0.25, -0.2) is 8.42 Å². The largest absolute Gasteiger partial charge is 0.353 e. The third-order valence-corrected chi connectivity index (χ3v) is 6.94. The van der Waals surface area contributed by atoms with Crippen LogP contribution in [0, 0.1) is 13.8 Å². The fourth-order valence-corrected chi connectivity index (χ4v) is 5.16. The number of nitrogens with two attached hydrogens (primary N) is 1. The molecule has 1 aromatic rings. The number of hydrogen-bond donors (Lipinski definition) is 3. The highest BCUT2D eigenvalue weighted by Gasteiger charge is 2.30. The van der Waals surface area contributed by atoms with Gasteiger partial charge in [0.1, 0.15) is 4.90 Å². The van der Waals surface area contributed by atoms with Crippen molar-refractivity contribution < 1.29 is 13.2 Å². The Labute approximate surface area is 156 Å². The lowest BCUT2D eigenvalue weighted by Gasteiger charge is -2.29. The molecular formula is C17H31N5O3S. The lowest BCUT2D eigenvalue weighted by Crippen LogP contribution is -2.53. The molecule has 4 N–H and O–H groups in total. The van der Waals surface area contributed by atoms with Crippen LogP contribution in [-0.2, 0) is 21.9 Å². The van der Waals surface area contributed by atoms with E-state index in [0.29, 0.717) is 17.9 Å². The van der Waals surface area contributed by atoms with E-state index in [-0.39, 0.29) is 10.8 Å². The van der Waals surface area contributed by atoms with Gasteiger partial charge in [-0.05, 0) is 33.6 Å². The van der Waals surface area contributed by atoms with E-state index in [4.69, 9.17) is 5.73 Å². The van der Waals surface area contributed by atoms with Gasteiger partial charge in [-0.1, -0.05) is 25.7 Å². The van der Waals surface area contributed by atoms with Crippen LogP contribution in [-0.4, -0.2) is 42.2 Å². The highest BCUT2D eigenvalue weighted by atomic mass is 32.2. The van der Waals surface area contributed by atoms with Crippen molar-refractivity contribution in [3.63, 3.8) is 0 Å². The fourth-order valence-electron chi connectivity index (χ4n) is 3.51. The van der Waals surface area contributed by atoms with Gasteiger partial charge in [-0.3, -0.25) is 9.48 Å². The van der Waals surface area contributed by atoms with Crippen LogP contribution in [0.2, 0.25) is 0 Å². The van der Waals surface area contributed by atoms with Crippen LogP contribution < -0.4 is 15.8 Å². The van der Waals surface area contributed by atoms with E-state index in [1.165, 1.54) is 24.4 Å². The Morgan fingerprint density at radius 3 is 2.35 bits per heavy atom. The Bertz CT molecular complexity index is 749. The zero-order valence-electron chi connectivity index (χ0n) is 16.1. The molecule has 148 valence electrons. The molecule has 9 heteroatoms. The van der Waals surface area contributed by atoms with Crippen LogP contribution in [0.4, 0.5) is 0 Å². The van der Waals surface area contributed by atoms with Crippen molar-refractivity contribution in [1.82, 2.24) is 19.8 Å². The van der Waals surface area contributed by atoms with Gasteiger partial charge in [0, 0.05) is 19.1 Å². The van der Waals surface area contributed by atoms with Crippen molar-refractivity contribution in [3.8, 4) is 0 Å². The Balaban J connectivity index is 1.99. The summed E-state index contributed by atoms with van der Waals surface area (Å²) in [5.41, 5.74) is 6.94. The zero-order valence-corrected chi connectivity index (χ0v) is 16.9. The first-order valence-corrected chi connectivity index (χ1v) is 10.6. The van der Waals surface area contributed by atoms with Crippen molar-refractivity contribution in [2.24, 2.45) is 12.8 Å². The van der Waals surface area contributed by atoms with E-state index in [1.54, 1.807) is 20.9 Å². The molecule has 1 heterocycles. The van der Waals surface area contributed by atoms with Gasteiger partial charge in [-0.15, -0.1) is 0 Å². The first-order valence-electron chi connectivity index (χ1n) is 9.15. The van der Waals surface area contributed by atoms with E-state index < -0.39 is 21.6 Å². The smallest absolute Gasteiger partial charge is 0.244 e. The monoisotopic (exact) mass is 385 g/mol. The molecule has 0 aromatic carbocycles. The first-order chi connectivity index (χ1) is 12.1. The summed E-state index contributed by atoms with van der Waals surface area (Å²) in [6, 6.07) is -0.895.